The van der Waals surface area contributed by atoms with Gasteiger partial charge in [0.05, 0.1) is 34.6 Å². The number of carbonyl (C=O) groups is 3. The number of nitrogens with zero attached hydrogens (tertiary/aromatic N) is 6. The first-order valence-corrected chi connectivity index (χ1v) is 21.0. The Kier molecular flexibility index (Phi) is 12.1. The number of carboxylic acid groups (broad SMARTS) is 3. The molecule has 3 aliphatic heterocycles. The van der Waals surface area contributed by atoms with Crippen molar-refractivity contribution in [3.05, 3.63) is 58.8 Å². The molecule has 4 atom stereocenters. The summed E-state index contributed by atoms with van der Waals surface area (Å²) in [6, 6.07) is 12.1. The fourth-order valence-corrected chi connectivity index (χ4v) is 11.3. The van der Waals surface area contributed by atoms with E-state index in [0.717, 1.165) is 59.2 Å². The second kappa shape index (κ2) is 16.8. The molecule has 312 valence electrons. The number of carboxylic acids is 3. The molecule has 6 aliphatic rings. The van der Waals surface area contributed by atoms with Crippen LogP contribution in [0, 0.1) is 5.92 Å². The number of rotatable bonds is 12. The third kappa shape index (κ3) is 7.76. The van der Waals surface area contributed by atoms with Gasteiger partial charge in [0.25, 0.3) is 0 Å². The molecule has 0 radical (unpaired) electrons. The van der Waals surface area contributed by atoms with Crippen LogP contribution >= 0.6 is 0 Å². The summed E-state index contributed by atoms with van der Waals surface area (Å²) in [5.74, 6) is -2.39. The number of aliphatic hydroxyl groups is 1. The van der Waals surface area contributed by atoms with Gasteiger partial charge in [-0.1, -0.05) is 24.3 Å². The smallest absolute Gasteiger partial charge is 0.549 e. The van der Waals surface area contributed by atoms with E-state index in [2.05, 4.69) is 26.5 Å². The number of aromatic hydroxyl groups is 1. The van der Waals surface area contributed by atoms with Crippen LogP contribution < -0.4 is 20.1 Å². The molecule has 3 aliphatic carbocycles. The summed E-state index contributed by atoms with van der Waals surface area (Å²) < 4.78 is 9.33. The monoisotopic (exact) mass is 912 g/mol. The standard InChI is InChI=1S/C43H56N6O9.In/c50-33-9-8-29-22-34-43(57)23-31-30-4-1-2-5-32(30)49(39(31)41-42(43,38(29)40(33)58-41)10-13-48(34)24-28-6-7-28)12-3-11-44-14-16-45(25-35(51)52)18-20-47(27-37(55)56)21-19-46(17-15-44)26-36(53)54;/h1-2,4-5,8-9,28,34,41,50,57H,3,6-7,10-27H2,(H,51,52)(H,53,54)(H,55,56);/q;+3/p-3/t34-,41+,42+,43-;/m1./s1. The van der Waals surface area contributed by atoms with Crippen LogP contribution in [0.15, 0.2) is 36.4 Å². The van der Waals surface area contributed by atoms with Gasteiger partial charge >= 0.3 is 25.8 Å². The molecule has 1 saturated carbocycles. The van der Waals surface area contributed by atoms with Crippen LogP contribution in [0.3, 0.4) is 0 Å². The summed E-state index contributed by atoms with van der Waals surface area (Å²) in [6.45, 7) is 5.16. The van der Waals surface area contributed by atoms with Crippen molar-refractivity contribution in [2.24, 2.45) is 5.92 Å². The number of aryl methyl sites for hydroxylation is 1. The summed E-state index contributed by atoms with van der Waals surface area (Å²) in [6.07, 6.45) is 4.64. The normalized spacial score (nSPS) is 27.8. The minimum Gasteiger partial charge on any atom is -0.549 e. The maximum atomic E-state index is 13.4. The number of hydrogen-bond acceptors (Lipinski definition) is 14. The van der Waals surface area contributed by atoms with Crippen molar-refractivity contribution >= 4 is 54.7 Å². The number of fused-ring (bicyclic) bond motifs is 4. The molecule has 59 heavy (non-hydrogen) atoms. The number of para-hydroxylation sites is 1. The zero-order valence-corrected chi connectivity index (χ0v) is 36.9. The molecule has 2 bridgehead atoms. The summed E-state index contributed by atoms with van der Waals surface area (Å²) in [5, 5.41) is 60.6. The fourth-order valence-electron chi connectivity index (χ4n) is 11.3. The Hall–Kier alpha value is -3.38. The van der Waals surface area contributed by atoms with Gasteiger partial charge in [-0.25, -0.2) is 0 Å². The minimum absolute atomic E-state index is 0. The van der Waals surface area contributed by atoms with Crippen LogP contribution in [0.25, 0.3) is 10.9 Å². The Morgan fingerprint density at radius 1 is 0.780 bits per heavy atom. The van der Waals surface area contributed by atoms with Gasteiger partial charge in [0.1, 0.15) is 0 Å². The number of likely N-dealkylation sites (tertiary alicyclic amines) is 1. The van der Waals surface area contributed by atoms with Gasteiger partial charge in [0, 0.05) is 114 Å². The van der Waals surface area contributed by atoms with Gasteiger partial charge < -0.3 is 54.1 Å². The van der Waals surface area contributed by atoms with Gasteiger partial charge in [0.15, 0.2) is 17.6 Å². The summed E-state index contributed by atoms with van der Waals surface area (Å²) in [5.41, 5.74) is 3.55. The molecule has 1 aromatic heterocycles. The number of phenolic OH excluding ortho intramolecular Hbond substituents is 1. The quantitative estimate of drug-likeness (QED) is 0.195. The van der Waals surface area contributed by atoms with Crippen molar-refractivity contribution in [2.75, 3.05) is 91.6 Å². The first-order valence-electron chi connectivity index (χ1n) is 21.0. The number of benzene rings is 2. The van der Waals surface area contributed by atoms with E-state index in [1.165, 1.54) is 12.8 Å². The Bertz CT molecular complexity index is 2060. The van der Waals surface area contributed by atoms with Crippen LogP contribution in [0.4, 0.5) is 0 Å². The molecular formula is C43H53InN6O9. The number of aromatic nitrogens is 1. The van der Waals surface area contributed by atoms with Crippen molar-refractivity contribution < 1.29 is 44.7 Å². The van der Waals surface area contributed by atoms with Crippen LogP contribution in [-0.2, 0) is 39.2 Å². The van der Waals surface area contributed by atoms with E-state index in [4.69, 9.17) is 4.74 Å². The molecule has 3 aromatic rings. The van der Waals surface area contributed by atoms with Gasteiger partial charge in [-0.3, -0.25) is 19.6 Å². The number of ether oxygens (including phenoxy) is 1. The molecule has 15 nitrogen and oxygen atoms in total. The molecule has 0 unspecified atom stereocenters. The minimum atomic E-state index is -1.26. The van der Waals surface area contributed by atoms with E-state index in [1.807, 2.05) is 18.2 Å². The zero-order valence-electron chi connectivity index (χ0n) is 33.6. The van der Waals surface area contributed by atoms with Crippen LogP contribution in [0.2, 0.25) is 0 Å². The van der Waals surface area contributed by atoms with E-state index in [1.54, 1.807) is 20.8 Å². The van der Waals surface area contributed by atoms with Crippen molar-refractivity contribution in [1.82, 2.24) is 29.1 Å². The molecule has 2 aromatic carbocycles. The fraction of sp³-hybridized carbons (Fsp3) is 0.605. The molecule has 0 amide bonds. The van der Waals surface area contributed by atoms with E-state index in [9.17, 15) is 39.9 Å². The van der Waals surface area contributed by atoms with Crippen molar-refractivity contribution in [3.8, 4) is 11.5 Å². The van der Waals surface area contributed by atoms with Gasteiger partial charge in [0.2, 0.25) is 0 Å². The third-order valence-corrected chi connectivity index (χ3v) is 14.2. The van der Waals surface area contributed by atoms with Gasteiger partial charge in [-0.05, 0) is 74.4 Å². The number of aliphatic carboxylic acids is 3. The maximum Gasteiger partial charge on any atom is 3.00 e. The van der Waals surface area contributed by atoms with E-state index in [0.29, 0.717) is 76.9 Å². The molecule has 16 heteroatoms. The summed E-state index contributed by atoms with van der Waals surface area (Å²) in [4.78, 5) is 44.8. The summed E-state index contributed by atoms with van der Waals surface area (Å²) in [7, 11) is 0. The Labute approximate surface area is 362 Å². The first kappa shape index (κ1) is 42.3. The maximum absolute atomic E-state index is 13.4. The second-order valence-corrected chi connectivity index (χ2v) is 17.6. The van der Waals surface area contributed by atoms with Crippen molar-refractivity contribution in [2.45, 2.75) is 68.2 Å². The second-order valence-electron chi connectivity index (χ2n) is 17.6. The van der Waals surface area contributed by atoms with E-state index < -0.39 is 35.0 Å². The van der Waals surface area contributed by atoms with E-state index in [-0.39, 0.29) is 70.4 Å². The number of piperidine rings is 1. The predicted molar refractivity (Wildman–Crippen MR) is 211 cm³/mol. The molecule has 3 fully saturated rings. The Morgan fingerprint density at radius 2 is 1.37 bits per heavy atom. The third-order valence-electron chi connectivity index (χ3n) is 14.2. The number of hydrogen-bond donors (Lipinski definition) is 2. The van der Waals surface area contributed by atoms with Crippen LogP contribution in [-0.4, -0.2) is 186 Å². The Balaban J connectivity index is 0.00000484. The molecule has 1 spiro atoms. The van der Waals surface area contributed by atoms with Gasteiger partial charge in [-0.15, -0.1) is 0 Å². The SMILES string of the molecule is O=C([O-])CN1CCN(CCCn2c3c(c4ccccc42)C[C@@]2(O)[C@H]4Cc5ccc(O)c6c5[C@@]2(CCN4CC2CC2)[C@H]3O6)CCN(CC(=O)[O-])CCN(CC(=O)[O-])CC1.[In+3]. The largest absolute Gasteiger partial charge is 3.00 e. The molecular weight excluding hydrogens is 859 g/mol. The average Bonchev–Trinajstić information content (AvgIpc) is 3.85. The molecule has 2 saturated heterocycles. The molecule has 2 N–H and O–H groups in total. The Morgan fingerprint density at radius 3 is 1.97 bits per heavy atom. The molecule has 9 rings (SSSR count). The predicted octanol–water partition coefficient (Wildman–Crippen LogP) is -2.47. The topological polar surface area (TPSA) is 191 Å². The zero-order chi connectivity index (χ0) is 40.3. The summed E-state index contributed by atoms with van der Waals surface area (Å²) >= 11 is 0. The number of carbonyl (C=O) groups excluding carboxylic acids is 3. The first-order chi connectivity index (χ1) is 27.9. The molecule has 4 heterocycles. The van der Waals surface area contributed by atoms with Gasteiger partial charge in [-0.2, -0.15) is 0 Å². The van der Waals surface area contributed by atoms with Crippen molar-refractivity contribution in [3.63, 3.8) is 0 Å². The average molecular weight is 913 g/mol. The van der Waals surface area contributed by atoms with Crippen LogP contribution in [0.1, 0.15) is 54.2 Å². The number of phenols is 1. The van der Waals surface area contributed by atoms with Crippen molar-refractivity contribution in [1.29, 1.82) is 0 Å². The van der Waals surface area contributed by atoms with Crippen LogP contribution in [0.5, 0.6) is 11.5 Å². The van der Waals surface area contributed by atoms with E-state index >= 15 is 0 Å².